The van der Waals surface area contributed by atoms with Gasteiger partial charge in [0.2, 0.25) is 0 Å². The van der Waals surface area contributed by atoms with E-state index in [1.807, 2.05) is 18.4 Å². The van der Waals surface area contributed by atoms with E-state index in [2.05, 4.69) is 4.98 Å². The molecular weight excluding hydrogens is 258 g/mol. The molecule has 0 saturated carbocycles. The molecule has 7 heteroatoms. The van der Waals surface area contributed by atoms with Crippen molar-refractivity contribution in [2.24, 2.45) is 12.8 Å². The van der Waals surface area contributed by atoms with Gasteiger partial charge in [0.15, 0.2) is 11.2 Å². The molecule has 0 radical (unpaired) electrons. The van der Waals surface area contributed by atoms with E-state index in [1.54, 1.807) is 7.05 Å². The van der Waals surface area contributed by atoms with E-state index in [-0.39, 0.29) is 11.2 Å². The summed E-state index contributed by atoms with van der Waals surface area (Å²) in [6.07, 6.45) is 1.32. The van der Waals surface area contributed by atoms with Gasteiger partial charge in [-0.15, -0.1) is 0 Å². The molecule has 0 amide bonds. The summed E-state index contributed by atoms with van der Waals surface area (Å²) >= 11 is 0. The fourth-order valence-corrected chi connectivity index (χ4v) is 2.47. The van der Waals surface area contributed by atoms with E-state index in [4.69, 9.17) is 5.73 Å². The van der Waals surface area contributed by atoms with Crippen LogP contribution >= 0.6 is 0 Å². The van der Waals surface area contributed by atoms with Crippen LogP contribution in [-0.2, 0) is 26.6 Å². The topological polar surface area (TPSA) is 87.8 Å². The number of imidazole rings is 1. The zero-order chi connectivity index (χ0) is 14.9. The summed E-state index contributed by atoms with van der Waals surface area (Å²) < 4.78 is 4.58. The SMILES string of the molecule is CCc1nc2c(c(=O)n(CCCN)c(=O)n2C)n1CC. The second kappa shape index (κ2) is 5.62. The molecule has 2 N–H and O–H groups in total. The molecule has 2 heterocycles. The first-order valence-corrected chi connectivity index (χ1v) is 6.95. The van der Waals surface area contributed by atoms with Gasteiger partial charge in [-0.2, -0.15) is 0 Å². The highest BCUT2D eigenvalue weighted by Gasteiger charge is 2.18. The maximum atomic E-state index is 12.6. The summed E-state index contributed by atoms with van der Waals surface area (Å²) in [6.45, 7) is 5.40. The number of hydrogen-bond donors (Lipinski definition) is 1. The minimum absolute atomic E-state index is 0.273. The van der Waals surface area contributed by atoms with Crippen molar-refractivity contribution in [3.8, 4) is 0 Å². The molecule has 110 valence electrons. The van der Waals surface area contributed by atoms with Crippen LogP contribution in [0.5, 0.6) is 0 Å². The van der Waals surface area contributed by atoms with Crippen molar-refractivity contribution in [2.75, 3.05) is 6.54 Å². The van der Waals surface area contributed by atoms with E-state index in [0.717, 1.165) is 12.2 Å². The van der Waals surface area contributed by atoms with Gasteiger partial charge in [0.1, 0.15) is 5.82 Å². The summed E-state index contributed by atoms with van der Waals surface area (Å²) in [4.78, 5) is 29.2. The molecule has 20 heavy (non-hydrogen) atoms. The van der Waals surface area contributed by atoms with Crippen molar-refractivity contribution in [1.29, 1.82) is 0 Å². The fraction of sp³-hybridized carbons (Fsp3) is 0.615. The van der Waals surface area contributed by atoms with Gasteiger partial charge >= 0.3 is 5.69 Å². The van der Waals surface area contributed by atoms with Crippen LogP contribution in [0.25, 0.3) is 11.2 Å². The number of hydrogen-bond acceptors (Lipinski definition) is 4. The van der Waals surface area contributed by atoms with Crippen LogP contribution in [0.2, 0.25) is 0 Å². The second-order valence-corrected chi connectivity index (χ2v) is 4.74. The van der Waals surface area contributed by atoms with Gasteiger partial charge in [0.05, 0.1) is 0 Å². The lowest BCUT2D eigenvalue weighted by Gasteiger charge is -2.08. The highest BCUT2D eigenvalue weighted by Crippen LogP contribution is 2.11. The molecule has 0 atom stereocenters. The Bertz CT molecular complexity index is 738. The van der Waals surface area contributed by atoms with Gasteiger partial charge in [-0.1, -0.05) is 6.92 Å². The Balaban J connectivity index is 2.85. The normalized spacial score (nSPS) is 11.4. The lowest BCUT2D eigenvalue weighted by atomic mass is 10.4. The number of rotatable bonds is 5. The summed E-state index contributed by atoms with van der Waals surface area (Å²) in [5.41, 5.74) is 5.82. The molecule has 2 aromatic rings. The summed E-state index contributed by atoms with van der Waals surface area (Å²) in [7, 11) is 1.65. The molecule has 2 aromatic heterocycles. The van der Waals surface area contributed by atoms with Gasteiger partial charge in [0.25, 0.3) is 5.56 Å². The smallest absolute Gasteiger partial charge is 0.330 e. The molecule has 0 spiro atoms. The molecule has 0 fully saturated rings. The van der Waals surface area contributed by atoms with Crippen LogP contribution in [-0.4, -0.2) is 25.2 Å². The van der Waals surface area contributed by atoms with Crippen molar-refractivity contribution in [3.63, 3.8) is 0 Å². The maximum absolute atomic E-state index is 12.6. The number of fused-ring (bicyclic) bond motifs is 1. The largest absolute Gasteiger partial charge is 0.332 e. The van der Waals surface area contributed by atoms with Crippen LogP contribution in [0.3, 0.4) is 0 Å². The molecule has 0 aliphatic carbocycles. The van der Waals surface area contributed by atoms with Gasteiger partial charge in [-0.25, -0.2) is 9.78 Å². The van der Waals surface area contributed by atoms with Crippen LogP contribution in [0.4, 0.5) is 0 Å². The average Bonchev–Trinajstić information content (AvgIpc) is 2.83. The van der Waals surface area contributed by atoms with E-state index < -0.39 is 0 Å². The molecule has 7 nitrogen and oxygen atoms in total. The number of nitrogens with zero attached hydrogens (tertiary/aromatic N) is 4. The Morgan fingerprint density at radius 2 is 1.90 bits per heavy atom. The fourth-order valence-electron chi connectivity index (χ4n) is 2.47. The predicted octanol–water partition coefficient (Wildman–Crippen LogP) is -0.172. The third-order valence-electron chi connectivity index (χ3n) is 3.53. The lowest BCUT2D eigenvalue weighted by molar-refractivity contribution is 0.575. The van der Waals surface area contributed by atoms with Crippen molar-refractivity contribution >= 4 is 11.2 Å². The predicted molar refractivity (Wildman–Crippen MR) is 78.0 cm³/mol. The first-order valence-electron chi connectivity index (χ1n) is 6.95. The summed E-state index contributed by atoms with van der Waals surface area (Å²) in [5, 5.41) is 0. The molecule has 0 bridgehead atoms. The van der Waals surface area contributed by atoms with Gasteiger partial charge < -0.3 is 10.3 Å². The molecular formula is C13H21N5O2. The van der Waals surface area contributed by atoms with Crippen molar-refractivity contribution < 1.29 is 0 Å². The zero-order valence-electron chi connectivity index (χ0n) is 12.2. The third kappa shape index (κ3) is 2.07. The van der Waals surface area contributed by atoms with E-state index in [1.165, 1.54) is 9.13 Å². The minimum atomic E-state index is -0.334. The van der Waals surface area contributed by atoms with Crippen LogP contribution in [0.1, 0.15) is 26.1 Å². The Labute approximate surface area is 116 Å². The first kappa shape index (κ1) is 14.5. The van der Waals surface area contributed by atoms with Gasteiger partial charge in [0, 0.05) is 26.6 Å². The standard InChI is InChI=1S/C13H21N5O2/c1-4-9-15-11-10(17(9)5-2)12(19)18(8-6-7-14)13(20)16(11)3/h4-8,14H2,1-3H3. The monoisotopic (exact) mass is 279 g/mol. The summed E-state index contributed by atoms with van der Waals surface area (Å²) in [6, 6.07) is 0. The second-order valence-electron chi connectivity index (χ2n) is 4.74. The van der Waals surface area contributed by atoms with Crippen LogP contribution < -0.4 is 17.0 Å². The lowest BCUT2D eigenvalue weighted by Crippen LogP contribution is -2.40. The Kier molecular flexibility index (Phi) is 4.08. The van der Waals surface area contributed by atoms with Crippen molar-refractivity contribution in [2.45, 2.75) is 39.8 Å². The number of nitrogens with two attached hydrogens (primary N) is 1. The van der Waals surface area contributed by atoms with Gasteiger partial charge in [-0.3, -0.25) is 13.9 Å². The van der Waals surface area contributed by atoms with E-state index >= 15 is 0 Å². The molecule has 2 rings (SSSR count). The Morgan fingerprint density at radius 1 is 1.20 bits per heavy atom. The first-order chi connectivity index (χ1) is 9.56. The highest BCUT2D eigenvalue weighted by molar-refractivity contribution is 5.71. The highest BCUT2D eigenvalue weighted by atomic mass is 16.2. The minimum Gasteiger partial charge on any atom is -0.330 e. The van der Waals surface area contributed by atoms with E-state index in [9.17, 15) is 9.59 Å². The zero-order valence-corrected chi connectivity index (χ0v) is 12.2. The quantitative estimate of drug-likeness (QED) is 0.823. The van der Waals surface area contributed by atoms with Gasteiger partial charge in [-0.05, 0) is 19.9 Å². The Morgan fingerprint density at radius 3 is 2.45 bits per heavy atom. The summed E-state index contributed by atoms with van der Waals surface area (Å²) in [5.74, 6) is 0.825. The van der Waals surface area contributed by atoms with Crippen LogP contribution in [0.15, 0.2) is 9.59 Å². The van der Waals surface area contributed by atoms with Crippen molar-refractivity contribution in [3.05, 3.63) is 26.7 Å². The Hall–Kier alpha value is -1.89. The molecule has 0 aliphatic heterocycles. The average molecular weight is 279 g/mol. The molecule has 0 unspecified atom stereocenters. The molecule has 0 aromatic carbocycles. The number of aryl methyl sites for hydroxylation is 3. The number of aromatic nitrogens is 4. The van der Waals surface area contributed by atoms with E-state index in [0.29, 0.717) is 37.2 Å². The van der Waals surface area contributed by atoms with Crippen LogP contribution in [0, 0.1) is 0 Å². The maximum Gasteiger partial charge on any atom is 0.332 e. The molecule has 0 aliphatic rings. The molecule has 0 saturated heterocycles. The third-order valence-corrected chi connectivity index (χ3v) is 3.53. The van der Waals surface area contributed by atoms with Crippen molar-refractivity contribution in [1.82, 2.24) is 18.7 Å².